The second-order valence-corrected chi connectivity index (χ2v) is 12.4. The van der Waals surface area contributed by atoms with Crippen molar-refractivity contribution in [2.24, 2.45) is 18.9 Å². The molecule has 0 unspecified atom stereocenters. The van der Waals surface area contributed by atoms with Crippen molar-refractivity contribution in [1.29, 1.82) is 0 Å². The summed E-state index contributed by atoms with van der Waals surface area (Å²) in [5.41, 5.74) is 0.380. The van der Waals surface area contributed by atoms with Gasteiger partial charge in [-0.1, -0.05) is 18.9 Å². The summed E-state index contributed by atoms with van der Waals surface area (Å²) in [6.45, 7) is -0.113. The molecule has 6 atom stereocenters. The van der Waals surface area contributed by atoms with Crippen molar-refractivity contribution < 1.29 is 39.0 Å². The monoisotopic (exact) mass is 611 g/mol. The molecule has 2 aliphatic heterocycles. The molecular formula is C29H33N5O8S-2. The summed E-state index contributed by atoms with van der Waals surface area (Å²) in [5.74, 6) is -6.47. The third-order valence-electron chi connectivity index (χ3n) is 8.70. The van der Waals surface area contributed by atoms with Crippen LogP contribution in [0.5, 0.6) is 0 Å². The molecule has 2 aromatic heterocycles. The van der Waals surface area contributed by atoms with Gasteiger partial charge in [0.05, 0.1) is 28.9 Å². The third-order valence-corrected chi connectivity index (χ3v) is 9.57. The van der Waals surface area contributed by atoms with Gasteiger partial charge in [0.25, 0.3) is 11.8 Å². The van der Waals surface area contributed by atoms with Crippen LogP contribution in [0.4, 0.5) is 0 Å². The molecule has 43 heavy (non-hydrogen) atoms. The van der Waals surface area contributed by atoms with Gasteiger partial charge in [0.1, 0.15) is 5.69 Å². The molecule has 2 N–H and O–H groups in total. The van der Waals surface area contributed by atoms with Crippen molar-refractivity contribution in [3.05, 3.63) is 46.4 Å². The van der Waals surface area contributed by atoms with Crippen LogP contribution in [0.3, 0.4) is 0 Å². The molecule has 5 rings (SSSR count). The molecule has 3 aliphatic rings. The van der Waals surface area contributed by atoms with E-state index in [4.69, 9.17) is 0 Å². The number of likely N-dealkylation sites (tertiary alicyclic amines) is 2. The Morgan fingerprint density at radius 1 is 0.791 bits per heavy atom. The lowest BCUT2D eigenvalue weighted by Crippen LogP contribution is -2.54. The van der Waals surface area contributed by atoms with E-state index in [0.717, 1.165) is 0 Å². The zero-order valence-electron chi connectivity index (χ0n) is 23.6. The summed E-state index contributed by atoms with van der Waals surface area (Å²) in [6.07, 6.45) is 3.57. The Kier molecular flexibility index (Phi) is 8.85. The standard InChI is InChI=1S/C29H35N5O8S/c1-32-10-4-8-20(32)24(35)30-16-12-21(28(39)40)33(14-16)26(37)18-6-2-3-7-19(18)27(38)34-15-17(13-22(34)29(41)42)31-25(36)23-9-5-11-43-23/h4-5,8-11,16-19,21-22H,2-3,6-7,12-15H2,1H3,(H,30,35)(H,31,36)(H,39,40)(H,41,42)/p-2/t16-,17-,18+,19+,21-,22-/m0/s1. The highest BCUT2D eigenvalue weighted by atomic mass is 32.1. The van der Waals surface area contributed by atoms with Gasteiger partial charge in [-0.2, -0.15) is 0 Å². The Bertz CT molecular complexity index is 1410. The predicted octanol–water partition coefficient (Wildman–Crippen LogP) is -1.51. The molecule has 0 spiro atoms. The first kappa shape index (κ1) is 30.3. The van der Waals surface area contributed by atoms with E-state index in [9.17, 15) is 39.0 Å². The van der Waals surface area contributed by atoms with Gasteiger partial charge in [-0.3, -0.25) is 19.2 Å². The molecular weight excluding hydrogens is 578 g/mol. The normalized spacial score (nSPS) is 27.1. The van der Waals surface area contributed by atoms with E-state index >= 15 is 0 Å². The van der Waals surface area contributed by atoms with Crippen LogP contribution >= 0.6 is 11.3 Å². The highest BCUT2D eigenvalue weighted by Crippen LogP contribution is 2.36. The fourth-order valence-corrected chi connectivity index (χ4v) is 7.21. The van der Waals surface area contributed by atoms with Gasteiger partial charge in [0.15, 0.2) is 0 Å². The third kappa shape index (κ3) is 6.28. The van der Waals surface area contributed by atoms with Crippen LogP contribution in [0.2, 0.25) is 0 Å². The number of aryl methyl sites for hydroxylation is 1. The van der Waals surface area contributed by atoms with E-state index in [2.05, 4.69) is 10.6 Å². The van der Waals surface area contributed by atoms with Crippen LogP contribution in [-0.2, 0) is 26.2 Å². The predicted molar refractivity (Wildman–Crippen MR) is 148 cm³/mol. The summed E-state index contributed by atoms with van der Waals surface area (Å²) in [7, 11) is 1.70. The summed E-state index contributed by atoms with van der Waals surface area (Å²) < 4.78 is 1.62. The van der Waals surface area contributed by atoms with Gasteiger partial charge in [0.2, 0.25) is 11.8 Å². The minimum absolute atomic E-state index is 0.0298. The van der Waals surface area contributed by atoms with Crippen LogP contribution in [0.1, 0.15) is 58.7 Å². The maximum atomic E-state index is 13.9. The molecule has 0 aromatic carbocycles. The van der Waals surface area contributed by atoms with Gasteiger partial charge in [-0.15, -0.1) is 11.3 Å². The number of thiophene rings is 1. The van der Waals surface area contributed by atoms with Crippen molar-refractivity contribution in [3.8, 4) is 0 Å². The fraction of sp³-hybridized carbons (Fsp3) is 0.517. The molecule has 13 nitrogen and oxygen atoms in total. The maximum Gasteiger partial charge on any atom is 0.268 e. The van der Waals surface area contributed by atoms with Crippen molar-refractivity contribution in [1.82, 2.24) is 25.0 Å². The lowest BCUT2D eigenvalue weighted by atomic mass is 9.77. The minimum atomic E-state index is -1.46. The van der Waals surface area contributed by atoms with E-state index in [1.165, 1.54) is 21.1 Å². The number of hydrogen-bond donors (Lipinski definition) is 2. The van der Waals surface area contributed by atoms with Gasteiger partial charge in [0, 0.05) is 50.3 Å². The van der Waals surface area contributed by atoms with Crippen molar-refractivity contribution in [2.45, 2.75) is 62.7 Å². The Labute approximate surface area is 251 Å². The van der Waals surface area contributed by atoms with Crippen LogP contribution in [0.25, 0.3) is 0 Å². The summed E-state index contributed by atoms with van der Waals surface area (Å²) in [5, 5.41) is 31.4. The number of aliphatic carboxylic acids is 2. The number of hydrogen-bond acceptors (Lipinski definition) is 9. The number of amides is 4. The maximum absolute atomic E-state index is 13.9. The molecule has 14 heteroatoms. The highest BCUT2D eigenvalue weighted by molar-refractivity contribution is 7.12. The average molecular weight is 612 g/mol. The molecule has 1 aliphatic carbocycles. The van der Waals surface area contributed by atoms with Crippen LogP contribution in [0.15, 0.2) is 35.8 Å². The smallest absolute Gasteiger partial charge is 0.268 e. The van der Waals surface area contributed by atoms with Gasteiger partial charge in [-0.25, -0.2) is 0 Å². The number of carbonyl (C=O) groups excluding carboxylic acids is 6. The first-order valence-corrected chi connectivity index (χ1v) is 15.2. The fourth-order valence-electron chi connectivity index (χ4n) is 6.58. The number of rotatable bonds is 8. The molecule has 2 saturated heterocycles. The Hall–Kier alpha value is -4.20. The van der Waals surface area contributed by atoms with E-state index in [0.29, 0.717) is 36.3 Å². The molecule has 0 bridgehead atoms. The Morgan fingerprint density at radius 2 is 1.33 bits per heavy atom. The van der Waals surface area contributed by atoms with Gasteiger partial charge in [-0.05, 0) is 49.3 Å². The van der Waals surface area contributed by atoms with E-state index < -0.39 is 65.7 Å². The van der Waals surface area contributed by atoms with Gasteiger partial charge < -0.3 is 44.8 Å². The van der Waals surface area contributed by atoms with Crippen LogP contribution in [-0.4, -0.2) is 87.2 Å². The summed E-state index contributed by atoms with van der Waals surface area (Å²) in [4.78, 5) is 80.0. The number of nitrogens with zero attached hydrogens (tertiary/aromatic N) is 3. The molecule has 4 amide bonds. The number of aromatic nitrogens is 1. The number of carboxylic acid groups (broad SMARTS) is 2. The van der Waals surface area contributed by atoms with Crippen molar-refractivity contribution in [3.63, 3.8) is 0 Å². The minimum Gasteiger partial charge on any atom is -0.548 e. The second kappa shape index (κ2) is 12.6. The quantitative estimate of drug-likeness (QED) is 0.361. The highest BCUT2D eigenvalue weighted by Gasteiger charge is 2.47. The molecule has 1 saturated carbocycles. The number of carboxylic acids is 2. The van der Waals surface area contributed by atoms with Gasteiger partial charge >= 0.3 is 0 Å². The average Bonchev–Trinajstić information content (AvgIpc) is 3.79. The van der Waals surface area contributed by atoms with E-state index in [1.54, 1.807) is 47.5 Å². The number of carbonyl (C=O) groups is 6. The first-order valence-electron chi connectivity index (χ1n) is 14.3. The van der Waals surface area contributed by atoms with Crippen LogP contribution < -0.4 is 20.8 Å². The molecule has 2 aromatic rings. The van der Waals surface area contributed by atoms with E-state index in [-0.39, 0.29) is 31.8 Å². The molecule has 3 fully saturated rings. The largest absolute Gasteiger partial charge is 0.548 e. The Morgan fingerprint density at radius 3 is 1.77 bits per heavy atom. The first-order chi connectivity index (χ1) is 20.5. The zero-order valence-corrected chi connectivity index (χ0v) is 24.4. The van der Waals surface area contributed by atoms with E-state index in [1.807, 2.05) is 0 Å². The molecule has 4 heterocycles. The lowest BCUT2D eigenvalue weighted by Gasteiger charge is -2.37. The molecule has 0 radical (unpaired) electrons. The zero-order chi connectivity index (χ0) is 30.8. The summed E-state index contributed by atoms with van der Waals surface area (Å²) >= 11 is 1.24. The Balaban J connectivity index is 1.30. The second-order valence-electron chi connectivity index (χ2n) is 11.4. The number of nitrogens with one attached hydrogen (secondary N) is 2. The SMILES string of the molecule is Cn1cccc1C(=O)N[C@H]1C[C@@H](C(=O)[O-])N(C(=O)[C@@H]2CCCC[C@H]2C(=O)N2C[C@@H](NC(=O)c3cccs3)C[C@H]2C(=O)[O-])C1. The molecule has 230 valence electrons. The van der Waals surface area contributed by atoms with Crippen LogP contribution in [0, 0.1) is 11.8 Å². The lowest BCUT2D eigenvalue weighted by molar-refractivity contribution is -0.312. The summed E-state index contributed by atoms with van der Waals surface area (Å²) in [6, 6.07) is 2.87. The van der Waals surface area contributed by atoms with Crippen molar-refractivity contribution >= 4 is 46.9 Å². The van der Waals surface area contributed by atoms with Crippen molar-refractivity contribution in [2.75, 3.05) is 13.1 Å². The topological polar surface area (TPSA) is 184 Å².